The summed E-state index contributed by atoms with van der Waals surface area (Å²) in [6, 6.07) is 20.1. The normalized spacial score (nSPS) is 12.1. The third kappa shape index (κ3) is 5.78. The molecule has 2 rings (SSSR count). The Bertz CT molecular complexity index is 613. The summed E-state index contributed by atoms with van der Waals surface area (Å²) in [4.78, 5) is 0. The Hall–Kier alpha value is -2.81. The molecule has 0 heterocycles. The molecule has 0 aromatic heterocycles. The van der Waals surface area contributed by atoms with Crippen molar-refractivity contribution in [2.45, 2.75) is 0 Å². The highest BCUT2D eigenvalue weighted by Gasteiger charge is 1.86. The van der Waals surface area contributed by atoms with Crippen molar-refractivity contribution in [2.75, 3.05) is 6.54 Å². The van der Waals surface area contributed by atoms with Crippen molar-refractivity contribution in [3.63, 3.8) is 0 Å². The molecule has 3 N–H and O–H groups in total. The number of amidine groups is 1. The minimum absolute atomic E-state index is 0.451. The van der Waals surface area contributed by atoms with Crippen LogP contribution in [-0.4, -0.2) is 12.4 Å². The van der Waals surface area contributed by atoms with Gasteiger partial charge in [-0.1, -0.05) is 78.9 Å². The van der Waals surface area contributed by atoms with E-state index in [1.54, 1.807) is 6.08 Å². The molecule has 0 radical (unpaired) electrons. The second-order valence-electron chi connectivity index (χ2n) is 4.46. The van der Waals surface area contributed by atoms with Crippen LogP contribution in [0.1, 0.15) is 11.1 Å². The second-order valence-corrected chi connectivity index (χ2v) is 4.46. The molecule has 0 aliphatic carbocycles. The van der Waals surface area contributed by atoms with E-state index in [2.05, 4.69) is 22.7 Å². The molecule has 0 fully saturated rings. The van der Waals surface area contributed by atoms with Gasteiger partial charge >= 0.3 is 0 Å². The molecule has 2 aromatic carbocycles. The monoisotopic (exact) mass is 277 g/mol. The summed E-state index contributed by atoms with van der Waals surface area (Å²) in [5.41, 5.74) is 11.0. The molecular formula is C18H19N3. The second kappa shape index (κ2) is 8.38. The fraction of sp³-hybridized carbons (Fsp3) is 0.0556. The van der Waals surface area contributed by atoms with Crippen molar-refractivity contribution in [1.29, 1.82) is 0 Å². The van der Waals surface area contributed by atoms with Crippen LogP contribution in [0.15, 0.2) is 77.9 Å². The number of nitrogens with two attached hydrogens (primary N) is 1. The van der Waals surface area contributed by atoms with Crippen LogP contribution in [0.4, 0.5) is 0 Å². The summed E-state index contributed by atoms with van der Waals surface area (Å²) in [7, 11) is 0. The van der Waals surface area contributed by atoms with E-state index in [1.165, 1.54) is 5.56 Å². The van der Waals surface area contributed by atoms with Gasteiger partial charge in [0.15, 0.2) is 0 Å². The van der Waals surface area contributed by atoms with Gasteiger partial charge in [0.1, 0.15) is 5.84 Å². The van der Waals surface area contributed by atoms with Gasteiger partial charge in [-0.3, -0.25) is 0 Å². The average molecular weight is 277 g/mol. The van der Waals surface area contributed by atoms with E-state index in [4.69, 9.17) is 5.73 Å². The lowest BCUT2D eigenvalue weighted by Gasteiger charge is -1.97. The van der Waals surface area contributed by atoms with Gasteiger partial charge < -0.3 is 11.2 Å². The number of hydrogen-bond acceptors (Lipinski definition) is 2. The van der Waals surface area contributed by atoms with Gasteiger partial charge in [0, 0.05) is 0 Å². The van der Waals surface area contributed by atoms with Crippen LogP contribution >= 0.6 is 0 Å². The van der Waals surface area contributed by atoms with Crippen molar-refractivity contribution in [1.82, 2.24) is 5.43 Å². The minimum Gasteiger partial charge on any atom is -0.382 e. The first-order valence-electron chi connectivity index (χ1n) is 6.85. The third-order valence-electron chi connectivity index (χ3n) is 2.77. The van der Waals surface area contributed by atoms with Gasteiger partial charge in [-0.05, 0) is 17.2 Å². The Labute approximate surface area is 125 Å². The maximum Gasteiger partial charge on any atom is 0.143 e. The molecule has 2 aromatic rings. The maximum absolute atomic E-state index is 5.79. The largest absolute Gasteiger partial charge is 0.382 e. The van der Waals surface area contributed by atoms with E-state index in [0.717, 1.165) is 5.56 Å². The van der Waals surface area contributed by atoms with E-state index in [0.29, 0.717) is 12.4 Å². The van der Waals surface area contributed by atoms with E-state index in [1.807, 2.05) is 66.8 Å². The first kappa shape index (κ1) is 14.6. The zero-order chi connectivity index (χ0) is 14.8. The summed E-state index contributed by atoms with van der Waals surface area (Å²) >= 11 is 0. The van der Waals surface area contributed by atoms with E-state index < -0.39 is 0 Å². The molecule has 0 spiro atoms. The molecule has 0 amide bonds. The van der Waals surface area contributed by atoms with Crippen LogP contribution in [-0.2, 0) is 0 Å². The third-order valence-corrected chi connectivity index (χ3v) is 2.77. The number of hydrazone groups is 1. The molecule has 0 aliphatic rings. The molecule has 106 valence electrons. The van der Waals surface area contributed by atoms with Crippen LogP contribution in [0.5, 0.6) is 0 Å². The van der Waals surface area contributed by atoms with Crippen LogP contribution in [0.25, 0.3) is 12.2 Å². The van der Waals surface area contributed by atoms with Crippen molar-refractivity contribution in [3.05, 3.63) is 83.9 Å². The van der Waals surface area contributed by atoms with Gasteiger partial charge in [-0.2, -0.15) is 5.10 Å². The number of benzene rings is 2. The van der Waals surface area contributed by atoms with Gasteiger partial charge in [-0.25, -0.2) is 0 Å². The summed E-state index contributed by atoms with van der Waals surface area (Å²) < 4.78 is 0. The predicted molar refractivity (Wildman–Crippen MR) is 90.6 cm³/mol. The molecule has 21 heavy (non-hydrogen) atoms. The van der Waals surface area contributed by atoms with Gasteiger partial charge in [0.2, 0.25) is 0 Å². The molecule has 0 unspecified atom stereocenters. The molecule has 0 aliphatic heterocycles. The molecule has 3 heteroatoms. The molecular weight excluding hydrogens is 258 g/mol. The number of nitrogens with zero attached hydrogens (tertiary/aromatic N) is 1. The van der Waals surface area contributed by atoms with Gasteiger partial charge in [-0.15, -0.1) is 0 Å². The van der Waals surface area contributed by atoms with Gasteiger partial charge in [0.25, 0.3) is 0 Å². The minimum atomic E-state index is 0.451. The highest BCUT2D eigenvalue weighted by molar-refractivity contribution is 5.94. The first-order valence-corrected chi connectivity index (χ1v) is 6.85. The summed E-state index contributed by atoms with van der Waals surface area (Å²) in [5.74, 6) is 0.451. The lowest BCUT2D eigenvalue weighted by Crippen LogP contribution is -2.15. The van der Waals surface area contributed by atoms with E-state index >= 15 is 0 Å². The Balaban J connectivity index is 1.76. The zero-order valence-corrected chi connectivity index (χ0v) is 11.8. The Morgan fingerprint density at radius 1 is 0.905 bits per heavy atom. The molecule has 0 bridgehead atoms. The Morgan fingerprint density at radius 2 is 1.48 bits per heavy atom. The number of nitrogens with one attached hydrogen (secondary N) is 1. The van der Waals surface area contributed by atoms with E-state index in [-0.39, 0.29) is 0 Å². The fourth-order valence-electron chi connectivity index (χ4n) is 1.73. The molecule has 0 atom stereocenters. The Kier molecular flexibility index (Phi) is 5.82. The maximum atomic E-state index is 5.79. The number of rotatable bonds is 6. The van der Waals surface area contributed by atoms with Crippen LogP contribution in [0.2, 0.25) is 0 Å². The summed E-state index contributed by atoms with van der Waals surface area (Å²) in [5, 5.41) is 4.08. The first-order chi connectivity index (χ1) is 10.3. The average Bonchev–Trinajstić information content (AvgIpc) is 2.54. The number of hydrogen-bond donors (Lipinski definition) is 2. The lowest BCUT2D eigenvalue weighted by atomic mass is 10.2. The van der Waals surface area contributed by atoms with Crippen LogP contribution < -0.4 is 11.2 Å². The zero-order valence-electron chi connectivity index (χ0n) is 11.8. The Morgan fingerprint density at radius 3 is 2.10 bits per heavy atom. The predicted octanol–water partition coefficient (Wildman–Crippen LogP) is 3.28. The van der Waals surface area contributed by atoms with Crippen molar-refractivity contribution in [2.24, 2.45) is 10.8 Å². The topological polar surface area (TPSA) is 50.4 Å². The molecule has 3 nitrogen and oxygen atoms in total. The van der Waals surface area contributed by atoms with Crippen molar-refractivity contribution < 1.29 is 0 Å². The smallest absolute Gasteiger partial charge is 0.143 e. The van der Waals surface area contributed by atoms with Crippen LogP contribution in [0, 0.1) is 0 Å². The molecule has 0 saturated carbocycles. The quantitative estimate of drug-likeness (QED) is 0.368. The van der Waals surface area contributed by atoms with Crippen LogP contribution in [0.3, 0.4) is 0 Å². The fourth-order valence-corrected chi connectivity index (χ4v) is 1.73. The van der Waals surface area contributed by atoms with Gasteiger partial charge in [0.05, 0.1) is 6.54 Å². The standard InChI is InChI=1S/C18H19N3/c19-18(14-13-17-10-5-2-6-11-17)21-20-15-7-12-16-8-3-1-4-9-16/h1-14,20H,15H2,(H2,19,21)/b12-7+,14-13+. The summed E-state index contributed by atoms with van der Waals surface area (Å²) in [6.45, 7) is 0.634. The van der Waals surface area contributed by atoms with E-state index in [9.17, 15) is 0 Å². The molecule has 0 saturated heterocycles. The van der Waals surface area contributed by atoms with Crippen molar-refractivity contribution >= 4 is 18.0 Å². The highest BCUT2D eigenvalue weighted by atomic mass is 15.3. The SMILES string of the molecule is NC(/C=C/c1ccccc1)=NNC/C=C/c1ccccc1. The summed E-state index contributed by atoms with van der Waals surface area (Å²) in [6.07, 6.45) is 7.76. The van der Waals surface area contributed by atoms with Crippen molar-refractivity contribution in [3.8, 4) is 0 Å². The highest BCUT2D eigenvalue weighted by Crippen LogP contribution is 2.01. The lowest BCUT2D eigenvalue weighted by molar-refractivity contribution is 0.826.